The van der Waals surface area contributed by atoms with Gasteiger partial charge in [0, 0.05) is 16.8 Å². The number of rotatable bonds is 7. The van der Waals surface area contributed by atoms with Crippen molar-refractivity contribution in [2.24, 2.45) is 5.92 Å². The standard InChI is InChI=1S/C11H19NO3S2/c1-9(2)4-3-5-12-17(14,15)11-6-10(7-13)16-8-11/h6,8-9,12-13H,3-5,7H2,1-2H3. The van der Waals surface area contributed by atoms with Gasteiger partial charge in [-0.25, -0.2) is 13.1 Å². The van der Waals surface area contributed by atoms with Gasteiger partial charge in [-0.2, -0.15) is 0 Å². The summed E-state index contributed by atoms with van der Waals surface area (Å²) in [5.41, 5.74) is 0. The largest absolute Gasteiger partial charge is 0.391 e. The average Bonchev–Trinajstić information content (AvgIpc) is 2.73. The van der Waals surface area contributed by atoms with Gasteiger partial charge in [0.25, 0.3) is 0 Å². The van der Waals surface area contributed by atoms with Crippen LogP contribution in [-0.4, -0.2) is 20.1 Å². The van der Waals surface area contributed by atoms with E-state index < -0.39 is 10.0 Å². The quantitative estimate of drug-likeness (QED) is 0.749. The van der Waals surface area contributed by atoms with Crippen molar-refractivity contribution in [2.75, 3.05) is 6.54 Å². The Kier molecular flexibility index (Phi) is 5.58. The van der Waals surface area contributed by atoms with Crippen LogP contribution in [0.3, 0.4) is 0 Å². The monoisotopic (exact) mass is 277 g/mol. The van der Waals surface area contributed by atoms with Gasteiger partial charge in [0.2, 0.25) is 10.0 Å². The van der Waals surface area contributed by atoms with Gasteiger partial charge in [0.05, 0.1) is 11.5 Å². The molecule has 2 N–H and O–H groups in total. The molecule has 1 heterocycles. The van der Waals surface area contributed by atoms with Crippen molar-refractivity contribution in [3.8, 4) is 0 Å². The lowest BCUT2D eigenvalue weighted by Crippen LogP contribution is -2.24. The summed E-state index contributed by atoms with van der Waals surface area (Å²) in [7, 11) is -3.40. The first-order valence-electron chi connectivity index (χ1n) is 5.63. The maximum Gasteiger partial charge on any atom is 0.241 e. The van der Waals surface area contributed by atoms with Crippen molar-refractivity contribution in [1.82, 2.24) is 4.72 Å². The number of hydrogen-bond acceptors (Lipinski definition) is 4. The predicted molar refractivity (Wildman–Crippen MR) is 69.5 cm³/mol. The summed E-state index contributed by atoms with van der Waals surface area (Å²) in [5, 5.41) is 10.4. The van der Waals surface area contributed by atoms with Gasteiger partial charge in [-0.05, 0) is 24.8 Å². The van der Waals surface area contributed by atoms with Crippen LogP contribution in [0.5, 0.6) is 0 Å². The molecule has 98 valence electrons. The van der Waals surface area contributed by atoms with Gasteiger partial charge in [0.15, 0.2) is 0 Å². The van der Waals surface area contributed by atoms with Crippen molar-refractivity contribution >= 4 is 21.4 Å². The molecule has 1 aromatic rings. The van der Waals surface area contributed by atoms with E-state index in [2.05, 4.69) is 18.6 Å². The fourth-order valence-corrected chi connectivity index (χ4v) is 3.59. The van der Waals surface area contributed by atoms with Gasteiger partial charge in [-0.1, -0.05) is 13.8 Å². The molecule has 0 bridgehead atoms. The Morgan fingerprint density at radius 3 is 2.71 bits per heavy atom. The molecule has 0 spiro atoms. The van der Waals surface area contributed by atoms with E-state index in [1.807, 2.05) is 0 Å². The van der Waals surface area contributed by atoms with E-state index in [9.17, 15) is 8.42 Å². The first-order valence-corrected chi connectivity index (χ1v) is 8.00. The molecule has 0 aliphatic heterocycles. The van der Waals surface area contributed by atoms with Crippen LogP contribution in [0.2, 0.25) is 0 Å². The molecule has 0 saturated carbocycles. The summed E-state index contributed by atoms with van der Waals surface area (Å²) in [6, 6.07) is 1.51. The SMILES string of the molecule is CC(C)CCCNS(=O)(=O)c1csc(CO)c1. The van der Waals surface area contributed by atoms with Crippen LogP contribution in [0.1, 0.15) is 31.6 Å². The van der Waals surface area contributed by atoms with Crippen LogP contribution in [0, 0.1) is 5.92 Å². The number of aliphatic hydroxyl groups is 1. The molecule has 0 atom stereocenters. The van der Waals surface area contributed by atoms with Crippen LogP contribution < -0.4 is 4.72 Å². The van der Waals surface area contributed by atoms with Crippen LogP contribution in [-0.2, 0) is 16.6 Å². The normalized spacial score (nSPS) is 12.2. The predicted octanol–water partition coefficient (Wildman–Crippen LogP) is 1.95. The van der Waals surface area contributed by atoms with E-state index >= 15 is 0 Å². The van der Waals surface area contributed by atoms with Crippen LogP contribution >= 0.6 is 11.3 Å². The first kappa shape index (κ1) is 14.6. The van der Waals surface area contributed by atoms with Crippen molar-refractivity contribution in [3.63, 3.8) is 0 Å². The third kappa shape index (κ3) is 4.75. The molecule has 6 heteroatoms. The molecule has 0 aliphatic carbocycles. The second kappa shape index (κ2) is 6.49. The fraction of sp³-hybridized carbons (Fsp3) is 0.636. The van der Waals surface area contributed by atoms with E-state index in [0.717, 1.165) is 12.8 Å². The van der Waals surface area contributed by atoms with Gasteiger partial charge < -0.3 is 5.11 Å². The molecule has 0 aromatic carbocycles. The number of aliphatic hydroxyl groups excluding tert-OH is 1. The topological polar surface area (TPSA) is 66.4 Å². The summed E-state index contributed by atoms with van der Waals surface area (Å²) in [6.07, 6.45) is 1.85. The smallest absolute Gasteiger partial charge is 0.241 e. The molecule has 0 fully saturated rings. The highest BCUT2D eigenvalue weighted by molar-refractivity contribution is 7.89. The second-order valence-corrected chi connectivity index (χ2v) is 7.10. The summed E-state index contributed by atoms with van der Waals surface area (Å²) in [4.78, 5) is 0.906. The molecule has 0 unspecified atom stereocenters. The minimum absolute atomic E-state index is 0.118. The number of hydrogen-bond donors (Lipinski definition) is 2. The Hall–Kier alpha value is -0.430. The van der Waals surface area contributed by atoms with Crippen LogP contribution in [0.15, 0.2) is 16.3 Å². The molecule has 0 radical (unpaired) electrons. The number of thiophene rings is 1. The lowest BCUT2D eigenvalue weighted by Gasteiger charge is -2.06. The Morgan fingerprint density at radius 2 is 2.18 bits per heavy atom. The molecular weight excluding hydrogens is 258 g/mol. The van der Waals surface area contributed by atoms with E-state index in [4.69, 9.17) is 5.11 Å². The molecule has 1 aromatic heterocycles. The highest BCUT2D eigenvalue weighted by atomic mass is 32.2. The van der Waals surface area contributed by atoms with Crippen molar-refractivity contribution < 1.29 is 13.5 Å². The second-order valence-electron chi connectivity index (χ2n) is 4.34. The lowest BCUT2D eigenvalue weighted by molar-refractivity contribution is 0.285. The minimum atomic E-state index is -3.40. The van der Waals surface area contributed by atoms with Gasteiger partial charge >= 0.3 is 0 Å². The summed E-state index contributed by atoms with van der Waals surface area (Å²) in [5.74, 6) is 0.585. The summed E-state index contributed by atoms with van der Waals surface area (Å²) >= 11 is 1.25. The zero-order chi connectivity index (χ0) is 12.9. The third-order valence-electron chi connectivity index (χ3n) is 2.35. The zero-order valence-corrected chi connectivity index (χ0v) is 11.8. The zero-order valence-electron chi connectivity index (χ0n) is 10.1. The maximum absolute atomic E-state index is 11.8. The van der Waals surface area contributed by atoms with E-state index in [1.54, 1.807) is 5.38 Å². The lowest BCUT2D eigenvalue weighted by atomic mass is 10.1. The fourth-order valence-electron chi connectivity index (χ4n) is 1.38. The molecule has 0 amide bonds. The van der Waals surface area contributed by atoms with Gasteiger partial charge in [0.1, 0.15) is 0 Å². The first-order chi connectivity index (χ1) is 7.95. The van der Waals surface area contributed by atoms with E-state index in [0.29, 0.717) is 17.3 Å². The molecule has 4 nitrogen and oxygen atoms in total. The highest BCUT2D eigenvalue weighted by Crippen LogP contribution is 2.19. The molecule has 17 heavy (non-hydrogen) atoms. The van der Waals surface area contributed by atoms with Crippen LogP contribution in [0.25, 0.3) is 0 Å². The molecule has 1 rings (SSSR count). The van der Waals surface area contributed by atoms with E-state index in [1.165, 1.54) is 17.4 Å². The Balaban J connectivity index is 2.51. The number of nitrogens with one attached hydrogen (secondary N) is 1. The van der Waals surface area contributed by atoms with Crippen molar-refractivity contribution in [1.29, 1.82) is 0 Å². The van der Waals surface area contributed by atoms with Crippen molar-refractivity contribution in [3.05, 3.63) is 16.3 Å². The Bertz CT molecular complexity index is 437. The van der Waals surface area contributed by atoms with Crippen LogP contribution in [0.4, 0.5) is 0 Å². The summed E-state index contributed by atoms with van der Waals surface area (Å²) in [6.45, 7) is 4.57. The van der Waals surface area contributed by atoms with Crippen molar-refractivity contribution in [2.45, 2.75) is 38.2 Å². The Labute approximate surface area is 107 Å². The molecular formula is C11H19NO3S2. The molecule has 0 aliphatic rings. The minimum Gasteiger partial charge on any atom is -0.391 e. The molecule has 0 saturated heterocycles. The third-order valence-corrected chi connectivity index (χ3v) is 4.86. The number of sulfonamides is 1. The highest BCUT2D eigenvalue weighted by Gasteiger charge is 2.15. The average molecular weight is 277 g/mol. The van der Waals surface area contributed by atoms with Gasteiger partial charge in [-0.15, -0.1) is 11.3 Å². The van der Waals surface area contributed by atoms with E-state index in [-0.39, 0.29) is 11.5 Å². The maximum atomic E-state index is 11.8. The summed E-state index contributed by atoms with van der Waals surface area (Å²) < 4.78 is 26.2. The Morgan fingerprint density at radius 1 is 1.47 bits per heavy atom. The van der Waals surface area contributed by atoms with Gasteiger partial charge in [-0.3, -0.25) is 0 Å².